The Morgan fingerprint density at radius 3 is 3.08 bits per heavy atom. The van der Waals surface area contributed by atoms with Crippen LogP contribution in [0.1, 0.15) is 21.9 Å². The zero-order valence-electron chi connectivity index (χ0n) is 7.19. The maximum Gasteiger partial charge on any atom is 0.192 e. The first-order valence-electron chi connectivity index (χ1n) is 4.28. The molecule has 4 nitrogen and oxygen atoms in total. The van der Waals surface area contributed by atoms with Crippen LogP contribution in [0, 0.1) is 0 Å². The van der Waals surface area contributed by atoms with Gasteiger partial charge in [0.25, 0.3) is 0 Å². The Morgan fingerprint density at radius 2 is 2.23 bits per heavy atom. The van der Waals surface area contributed by atoms with Crippen LogP contribution in [0.5, 0.6) is 0 Å². The highest BCUT2D eigenvalue weighted by molar-refractivity contribution is 5.68. The number of ether oxygens (including phenoxy) is 1. The first-order valence-corrected chi connectivity index (χ1v) is 4.28. The number of aromatic nitrogens is 2. The molecule has 1 aromatic heterocycles. The van der Waals surface area contributed by atoms with E-state index >= 15 is 0 Å². The summed E-state index contributed by atoms with van der Waals surface area (Å²) < 4.78 is 5.29. The minimum absolute atomic E-state index is 0.264. The van der Waals surface area contributed by atoms with E-state index in [-0.39, 0.29) is 5.82 Å². The van der Waals surface area contributed by atoms with Crippen molar-refractivity contribution in [1.82, 2.24) is 9.97 Å². The van der Waals surface area contributed by atoms with E-state index in [9.17, 15) is 4.79 Å². The summed E-state index contributed by atoms with van der Waals surface area (Å²) >= 11 is 0. The molecule has 0 saturated heterocycles. The van der Waals surface area contributed by atoms with Crippen LogP contribution < -0.4 is 0 Å². The molecular formula is C9H10N2O2. The van der Waals surface area contributed by atoms with E-state index in [0.717, 1.165) is 30.7 Å². The normalized spacial score (nSPS) is 16.0. The van der Waals surface area contributed by atoms with Gasteiger partial charge in [0.05, 0.1) is 18.9 Å². The molecule has 0 fully saturated rings. The summed E-state index contributed by atoms with van der Waals surface area (Å²) in [5.74, 6) is 0.264. The van der Waals surface area contributed by atoms with Gasteiger partial charge in [-0.3, -0.25) is 4.79 Å². The molecule has 0 aliphatic carbocycles. The zero-order chi connectivity index (χ0) is 9.10. The topological polar surface area (TPSA) is 52.1 Å². The van der Waals surface area contributed by atoms with Gasteiger partial charge in [-0.1, -0.05) is 0 Å². The Hall–Kier alpha value is -1.29. The number of hydrogen-bond acceptors (Lipinski definition) is 4. The van der Waals surface area contributed by atoms with Gasteiger partial charge in [0.1, 0.15) is 0 Å². The highest BCUT2D eigenvalue weighted by Gasteiger charge is 2.10. The van der Waals surface area contributed by atoms with E-state index in [1.54, 1.807) is 6.20 Å². The van der Waals surface area contributed by atoms with Crippen LogP contribution in [0.15, 0.2) is 6.20 Å². The predicted octanol–water partition coefficient (Wildman–Crippen LogP) is 0.404. The molecule has 1 aliphatic heterocycles. The van der Waals surface area contributed by atoms with Crippen molar-refractivity contribution in [2.24, 2.45) is 0 Å². The van der Waals surface area contributed by atoms with Crippen LogP contribution in [-0.2, 0) is 17.6 Å². The first kappa shape index (κ1) is 8.31. The average Bonchev–Trinajstić information content (AvgIpc) is 2.41. The number of fused-ring (bicyclic) bond motifs is 1. The van der Waals surface area contributed by atoms with Crippen molar-refractivity contribution in [2.45, 2.75) is 12.8 Å². The smallest absolute Gasteiger partial charge is 0.192 e. The van der Waals surface area contributed by atoms with Gasteiger partial charge in [-0.2, -0.15) is 0 Å². The van der Waals surface area contributed by atoms with E-state index in [1.807, 2.05) is 0 Å². The van der Waals surface area contributed by atoms with Gasteiger partial charge in [-0.05, 0) is 12.0 Å². The molecule has 0 amide bonds. The SMILES string of the molecule is O=Cc1ncc2c(n1)CCOCC2. The molecule has 1 aromatic rings. The number of carbonyl (C=O) groups is 1. The van der Waals surface area contributed by atoms with E-state index in [2.05, 4.69) is 9.97 Å². The van der Waals surface area contributed by atoms with Crippen LogP contribution in [0.4, 0.5) is 0 Å². The summed E-state index contributed by atoms with van der Waals surface area (Å²) in [4.78, 5) is 18.5. The van der Waals surface area contributed by atoms with Crippen LogP contribution in [0.25, 0.3) is 0 Å². The number of carbonyl (C=O) groups excluding carboxylic acids is 1. The van der Waals surface area contributed by atoms with Gasteiger partial charge in [-0.15, -0.1) is 0 Å². The Labute approximate surface area is 76.0 Å². The van der Waals surface area contributed by atoms with Crippen molar-refractivity contribution in [3.63, 3.8) is 0 Å². The van der Waals surface area contributed by atoms with Gasteiger partial charge in [0.2, 0.25) is 0 Å². The lowest BCUT2D eigenvalue weighted by Crippen LogP contribution is -2.03. The van der Waals surface area contributed by atoms with Gasteiger partial charge < -0.3 is 4.74 Å². The maximum atomic E-state index is 10.4. The predicted molar refractivity (Wildman–Crippen MR) is 45.6 cm³/mol. The van der Waals surface area contributed by atoms with Crippen molar-refractivity contribution in [2.75, 3.05) is 13.2 Å². The minimum atomic E-state index is 0.264. The highest BCUT2D eigenvalue weighted by atomic mass is 16.5. The van der Waals surface area contributed by atoms with E-state index in [1.165, 1.54) is 0 Å². The third-order valence-electron chi connectivity index (χ3n) is 2.08. The third kappa shape index (κ3) is 1.72. The van der Waals surface area contributed by atoms with Gasteiger partial charge in [0, 0.05) is 12.6 Å². The molecule has 0 N–H and O–H groups in total. The average molecular weight is 178 g/mol. The summed E-state index contributed by atoms with van der Waals surface area (Å²) in [6.07, 6.45) is 4.01. The molecule has 0 saturated carbocycles. The number of hydrogen-bond donors (Lipinski definition) is 0. The molecule has 0 bridgehead atoms. The maximum absolute atomic E-state index is 10.4. The summed E-state index contributed by atoms with van der Waals surface area (Å²) in [6, 6.07) is 0. The van der Waals surface area contributed by atoms with Gasteiger partial charge in [-0.25, -0.2) is 9.97 Å². The minimum Gasteiger partial charge on any atom is -0.381 e. The fraction of sp³-hybridized carbons (Fsp3) is 0.444. The first-order chi connectivity index (χ1) is 6.40. The lowest BCUT2D eigenvalue weighted by Gasteiger charge is -2.01. The summed E-state index contributed by atoms with van der Waals surface area (Å²) in [7, 11) is 0. The number of aldehydes is 1. The van der Waals surface area contributed by atoms with Crippen molar-refractivity contribution in [3.05, 3.63) is 23.3 Å². The van der Waals surface area contributed by atoms with Crippen LogP contribution in [-0.4, -0.2) is 29.5 Å². The standard InChI is InChI=1S/C9H10N2O2/c12-6-9-10-5-7-1-3-13-4-2-8(7)11-9/h5-6H,1-4H2. The molecule has 4 heteroatoms. The van der Waals surface area contributed by atoms with E-state index < -0.39 is 0 Å². The summed E-state index contributed by atoms with van der Waals surface area (Å²) in [5.41, 5.74) is 2.05. The highest BCUT2D eigenvalue weighted by Crippen LogP contribution is 2.10. The Bertz CT molecular complexity index is 325. The number of rotatable bonds is 1. The Morgan fingerprint density at radius 1 is 1.38 bits per heavy atom. The molecule has 0 atom stereocenters. The molecule has 0 unspecified atom stereocenters. The lowest BCUT2D eigenvalue weighted by atomic mass is 10.1. The van der Waals surface area contributed by atoms with Crippen molar-refractivity contribution < 1.29 is 9.53 Å². The molecule has 68 valence electrons. The largest absolute Gasteiger partial charge is 0.381 e. The molecule has 13 heavy (non-hydrogen) atoms. The molecule has 2 heterocycles. The fourth-order valence-corrected chi connectivity index (χ4v) is 1.39. The quantitative estimate of drug-likeness (QED) is 0.584. The zero-order valence-corrected chi connectivity index (χ0v) is 7.19. The summed E-state index contributed by atoms with van der Waals surface area (Å²) in [5, 5.41) is 0. The molecule has 0 radical (unpaired) electrons. The third-order valence-corrected chi connectivity index (χ3v) is 2.08. The Kier molecular flexibility index (Phi) is 2.31. The van der Waals surface area contributed by atoms with Crippen LogP contribution in [0.2, 0.25) is 0 Å². The van der Waals surface area contributed by atoms with E-state index in [0.29, 0.717) is 12.9 Å². The monoisotopic (exact) mass is 178 g/mol. The van der Waals surface area contributed by atoms with Gasteiger partial charge >= 0.3 is 0 Å². The molecular weight excluding hydrogens is 168 g/mol. The molecule has 1 aliphatic rings. The van der Waals surface area contributed by atoms with Crippen molar-refractivity contribution in [3.8, 4) is 0 Å². The van der Waals surface area contributed by atoms with E-state index in [4.69, 9.17) is 4.74 Å². The molecule has 0 spiro atoms. The second kappa shape index (κ2) is 3.62. The summed E-state index contributed by atoms with van der Waals surface area (Å²) in [6.45, 7) is 1.40. The molecule has 0 aromatic carbocycles. The van der Waals surface area contributed by atoms with Crippen molar-refractivity contribution in [1.29, 1.82) is 0 Å². The second-order valence-corrected chi connectivity index (χ2v) is 2.93. The van der Waals surface area contributed by atoms with Crippen molar-refractivity contribution >= 4 is 6.29 Å². The molecule has 2 rings (SSSR count). The fourth-order valence-electron chi connectivity index (χ4n) is 1.39. The van der Waals surface area contributed by atoms with Gasteiger partial charge in [0.15, 0.2) is 12.1 Å². The Balaban J connectivity index is 2.37. The second-order valence-electron chi connectivity index (χ2n) is 2.93. The van der Waals surface area contributed by atoms with Crippen LogP contribution >= 0.6 is 0 Å². The van der Waals surface area contributed by atoms with Crippen LogP contribution in [0.3, 0.4) is 0 Å². The number of nitrogens with zero attached hydrogens (tertiary/aromatic N) is 2. The lowest BCUT2D eigenvalue weighted by molar-refractivity contribution is 0.111.